The first-order valence-electron chi connectivity index (χ1n) is 13.2. The van der Waals surface area contributed by atoms with E-state index in [4.69, 9.17) is 9.47 Å². The van der Waals surface area contributed by atoms with Crippen molar-refractivity contribution in [1.82, 2.24) is 0 Å². The van der Waals surface area contributed by atoms with Crippen molar-refractivity contribution >= 4 is 11.9 Å². The van der Waals surface area contributed by atoms with Crippen molar-refractivity contribution in [3.05, 3.63) is 101 Å². The van der Waals surface area contributed by atoms with Crippen molar-refractivity contribution < 1.29 is 19.1 Å². The van der Waals surface area contributed by atoms with Gasteiger partial charge in [-0.1, -0.05) is 49.4 Å². The van der Waals surface area contributed by atoms with Crippen LogP contribution in [0.25, 0.3) is 0 Å². The number of hydrogen-bond acceptors (Lipinski definition) is 4. The molecule has 36 heavy (non-hydrogen) atoms. The molecule has 3 aliphatic rings. The highest BCUT2D eigenvalue weighted by Crippen LogP contribution is 2.61. The zero-order valence-electron chi connectivity index (χ0n) is 20.7. The Kier molecular flexibility index (Phi) is 5.91. The van der Waals surface area contributed by atoms with Crippen LogP contribution >= 0.6 is 0 Å². The van der Waals surface area contributed by atoms with Crippen molar-refractivity contribution in [2.45, 2.75) is 57.5 Å². The Bertz CT molecular complexity index is 1270. The molecule has 4 nitrogen and oxygen atoms in total. The molecule has 0 bridgehead atoms. The number of ether oxygens (including phenoxy) is 2. The van der Waals surface area contributed by atoms with Crippen molar-refractivity contribution in [3.8, 4) is 5.75 Å². The molecule has 0 aliphatic heterocycles. The summed E-state index contributed by atoms with van der Waals surface area (Å²) in [5, 5.41) is 0. The highest BCUT2D eigenvalue weighted by atomic mass is 16.5. The molecule has 3 aliphatic carbocycles. The molecule has 184 valence electrons. The van der Waals surface area contributed by atoms with E-state index < -0.39 is 0 Å². The summed E-state index contributed by atoms with van der Waals surface area (Å²) < 4.78 is 11.8. The first kappa shape index (κ1) is 23.0. The number of rotatable bonds is 4. The first-order valence-corrected chi connectivity index (χ1v) is 13.2. The third-order valence-corrected chi connectivity index (χ3v) is 9.09. The monoisotopic (exact) mass is 480 g/mol. The van der Waals surface area contributed by atoms with Crippen LogP contribution < -0.4 is 4.74 Å². The van der Waals surface area contributed by atoms with E-state index in [2.05, 4.69) is 19.1 Å². The summed E-state index contributed by atoms with van der Waals surface area (Å²) in [5.74, 6) is 1.79. The van der Waals surface area contributed by atoms with Gasteiger partial charge in [-0.3, -0.25) is 0 Å². The van der Waals surface area contributed by atoms with Crippen molar-refractivity contribution in [3.63, 3.8) is 0 Å². The Labute approximate surface area is 212 Å². The summed E-state index contributed by atoms with van der Waals surface area (Å²) in [6, 6.07) is 24.7. The fraction of sp³-hybridized carbons (Fsp3) is 0.375. The lowest BCUT2D eigenvalue weighted by Crippen LogP contribution is -2.45. The molecule has 3 aromatic carbocycles. The molecular weight excluding hydrogens is 448 g/mol. The summed E-state index contributed by atoms with van der Waals surface area (Å²) in [6.07, 6.45) is 6.35. The lowest BCUT2D eigenvalue weighted by atomic mass is 9.55. The van der Waals surface area contributed by atoms with Gasteiger partial charge in [0, 0.05) is 5.41 Å². The lowest BCUT2D eigenvalue weighted by molar-refractivity contribution is -0.0427. The van der Waals surface area contributed by atoms with Crippen LogP contribution in [0.3, 0.4) is 0 Å². The molecule has 0 N–H and O–H groups in total. The third kappa shape index (κ3) is 4.03. The first-order chi connectivity index (χ1) is 17.5. The van der Waals surface area contributed by atoms with Crippen LogP contribution in [0.15, 0.2) is 78.9 Å². The van der Waals surface area contributed by atoms with Crippen LogP contribution in [-0.4, -0.2) is 18.0 Å². The third-order valence-electron chi connectivity index (χ3n) is 9.09. The molecule has 5 atom stereocenters. The molecule has 2 saturated carbocycles. The van der Waals surface area contributed by atoms with Crippen LogP contribution in [0.5, 0.6) is 5.75 Å². The normalized spacial score (nSPS) is 28.4. The number of hydrogen-bond donors (Lipinski definition) is 0. The maximum absolute atomic E-state index is 12.8. The minimum Gasteiger partial charge on any atom is -0.458 e. The smallest absolute Gasteiger partial charge is 0.343 e. The fourth-order valence-electron chi connectivity index (χ4n) is 7.28. The second kappa shape index (κ2) is 9.24. The highest BCUT2D eigenvalue weighted by Gasteiger charge is 2.56. The molecule has 0 spiro atoms. The van der Waals surface area contributed by atoms with Gasteiger partial charge in [0.25, 0.3) is 0 Å². The van der Waals surface area contributed by atoms with Gasteiger partial charge in [0.2, 0.25) is 0 Å². The minimum atomic E-state index is -0.320. The largest absolute Gasteiger partial charge is 0.458 e. The summed E-state index contributed by atoms with van der Waals surface area (Å²) in [4.78, 5) is 25.3. The van der Waals surface area contributed by atoms with E-state index in [-0.39, 0.29) is 23.5 Å². The lowest BCUT2D eigenvalue weighted by Gasteiger charge is -2.50. The number of carbonyl (C=O) groups excluding carboxylic acids is 2. The Morgan fingerprint density at radius 2 is 1.50 bits per heavy atom. The highest BCUT2D eigenvalue weighted by molar-refractivity contribution is 5.91. The van der Waals surface area contributed by atoms with Crippen molar-refractivity contribution in [1.29, 1.82) is 0 Å². The number of esters is 2. The summed E-state index contributed by atoms with van der Waals surface area (Å²) in [6.45, 7) is 2.35. The molecular formula is C32H32O4. The zero-order chi connectivity index (χ0) is 24.7. The maximum Gasteiger partial charge on any atom is 0.343 e. The molecule has 0 amide bonds. The van der Waals surface area contributed by atoms with Gasteiger partial charge in [-0.25, -0.2) is 9.59 Å². The van der Waals surface area contributed by atoms with Gasteiger partial charge in [0.05, 0.1) is 11.1 Å². The molecule has 0 unspecified atom stereocenters. The van der Waals surface area contributed by atoms with E-state index >= 15 is 0 Å². The molecule has 4 heteroatoms. The van der Waals surface area contributed by atoms with Gasteiger partial charge in [-0.15, -0.1) is 0 Å². The SMILES string of the molecule is C[C@]12CC[C@@H]3c4ccc(OC(=O)c5ccccc5)cc4CC[C@H]3[C@@H]1CC[C@H]2OC(=O)c1ccccc1. The topological polar surface area (TPSA) is 52.6 Å². The van der Waals surface area contributed by atoms with E-state index in [0.29, 0.717) is 34.6 Å². The van der Waals surface area contributed by atoms with Crippen molar-refractivity contribution in [2.24, 2.45) is 17.3 Å². The van der Waals surface area contributed by atoms with Crippen LogP contribution in [-0.2, 0) is 11.2 Å². The maximum atomic E-state index is 12.8. The van der Waals surface area contributed by atoms with Crippen LogP contribution in [0, 0.1) is 17.3 Å². The second-order valence-electron chi connectivity index (χ2n) is 10.9. The van der Waals surface area contributed by atoms with E-state index in [0.717, 1.165) is 38.5 Å². The number of benzene rings is 3. The number of aryl methyl sites for hydroxylation is 1. The quantitative estimate of drug-likeness (QED) is 0.298. The van der Waals surface area contributed by atoms with Crippen LogP contribution in [0.4, 0.5) is 0 Å². The average Bonchev–Trinajstić information content (AvgIpc) is 3.25. The Hall–Kier alpha value is -3.40. The molecule has 0 radical (unpaired) electrons. The van der Waals surface area contributed by atoms with E-state index in [1.54, 1.807) is 12.1 Å². The van der Waals surface area contributed by atoms with Gasteiger partial charge < -0.3 is 9.47 Å². The number of fused-ring (bicyclic) bond motifs is 5. The van der Waals surface area contributed by atoms with E-state index in [9.17, 15) is 9.59 Å². The van der Waals surface area contributed by atoms with Gasteiger partial charge in [0.1, 0.15) is 11.9 Å². The summed E-state index contributed by atoms with van der Waals surface area (Å²) in [5.41, 5.74) is 3.95. The van der Waals surface area contributed by atoms with Gasteiger partial charge in [-0.2, -0.15) is 0 Å². The minimum absolute atomic E-state index is 0.0164. The Morgan fingerprint density at radius 1 is 0.806 bits per heavy atom. The van der Waals surface area contributed by atoms with Gasteiger partial charge in [0.15, 0.2) is 0 Å². The Morgan fingerprint density at radius 3 is 2.22 bits per heavy atom. The standard InChI is InChI=1S/C32H32O4/c1-32-19-18-26-25-15-13-24(35-30(33)21-8-4-2-5-9-21)20-23(25)12-14-27(26)28(32)16-17-29(32)36-31(34)22-10-6-3-7-11-22/h2-11,13,15,20,26-29H,12,14,16-19H2,1H3/t26-,27-,28+,29-,32+/m1/s1. The summed E-state index contributed by atoms with van der Waals surface area (Å²) >= 11 is 0. The molecule has 2 fully saturated rings. The molecule has 6 rings (SSSR count). The molecule has 0 saturated heterocycles. The van der Waals surface area contributed by atoms with Gasteiger partial charge >= 0.3 is 11.9 Å². The zero-order valence-corrected chi connectivity index (χ0v) is 20.7. The predicted molar refractivity (Wildman–Crippen MR) is 138 cm³/mol. The van der Waals surface area contributed by atoms with Crippen LogP contribution in [0.2, 0.25) is 0 Å². The van der Waals surface area contributed by atoms with E-state index in [1.807, 2.05) is 54.6 Å². The summed E-state index contributed by atoms with van der Waals surface area (Å²) in [7, 11) is 0. The molecule has 0 heterocycles. The average molecular weight is 481 g/mol. The molecule has 0 aromatic heterocycles. The predicted octanol–water partition coefficient (Wildman–Crippen LogP) is 6.99. The van der Waals surface area contributed by atoms with Crippen LogP contribution in [0.1, 0.15) is 76.8 Å². The Balaban J connectivity index is 1.17. The van der Waals surface area contributed by atoms with Crippen molar-refractivity contribution in [2.75, 3.05) is 0 Å². The fourth-order valence-corrected chi connectivity index (χ4v) is 7.28. The number of carbonyl (C=O) groups is 2. The van der Waals surface area contributed by atoms with E-state index in [1.165, 1.54) is 11.1 Å². The second-order valence-corrected chi connectivity index (χ2v) is 10.9. The molecule has 3 aromatic rings. The van der Waals surface area contributed by atoms with Gasteiger partial charge in [-0.05, 0) is 104 Å².